The smallest absolute Gasteiger partial charge is 0.241 e. The van der Waals surface area contributed by atoms with Gasteiger partial charge in [-0.1, -0.05) is 12.2 Å². The third-order valence-corrected chi connectivity index (χ3v) is 4.81. The third-order valence-electron chi connectivity index (χ3n) is 4.81. The molecule has 4 atom stereocenters. The van der Waals surface area contributed by atoms with Gasteiger partial charge in [-0.2, -0.15) is 0 Å². The summed E-state index contributed by atoms with van der Waals surface area (Å²) in [7, 11) is 0. The van der Waals surface area contributed by atoms with Crippen LogP contribution in [0.4, 0.5) is 10.1 Å². The van der Waals surface area contributed by atoms with Gasteiger partial charge in [0.05, 0.1) is 28.7 Å². The number of halogens is 1. The fourth-order valence-electron chi connectivity index (χ4n) is 3.88. The molecule has 1 aromatic rings. The van der Waals surface area contributed by atoms with Crippen LogP contribution in [-0.4, -0.2) is 23.0 Å². The number of amides is 2. The van der Waals surface area contributed by atoms with Gasteiger partial charge in [-0.15, -0.1) is 0 Å². The number of hydrogen-bond donors (Lipinski definition) is 0. The Morgan fingerprint density at radius 3 is 1.95 bits per heavy atom. The maximum absolute atomic E-state index is 13.0. The monoisotopic (exact) mass is 287 g/mol. The second-order valence-corrected chi connectivity index (χ2v) is 6.25. The molecular weight excluding hydrogens is 273 g/mol. The molecule has 4 rings (SSSR count). The fourth-order valence-corrected chi connectivity index (χ4v) is 3.88. The molecule has 0 unspecified atom stereocenters. The van der Waals surface area contributed by atoms with E-state index in [1.807, 2.05) is 26.0 Å². The maximum atomic E-state index is 13.0. The maximum Gasteiger partial charge on any atom is 0.241 e. The number of carbonyl (C=O) groups is 2. The van der Waals surface area contributed by atoms with E-state index < -0.39 is 28.9 Å². The standard InChI is InChI=1S/C16H14FNO3/c1-15-7-8-16(2,21-15)12-11(15)13(19)18(14(12)20)10-5-3-9(17)4-6-10/h3-8,11-12H,1-2H3/t11-,12+,15-,16-/m1/s1. The van der Waals surface area contributed by atoms with Gasteiger partial charge in [-0.05, 0) is 38.1 Å². The van der Waals surface area contributed by atoms with Crippen LogP contribution in [0, 0.1) is 17.7 Å². The number of benzene rings is 1. The Hall–Kier alpha value is -2.01. The molecule has 4 nitrogen and oxygen atoms in total. The number of anilines is 1. The topological polar surface area (TPSA) is 46.6 Å². The van der Waals surface area contributed by atoms with E-state index in [2.05, 4.69) is 0 Å². The molecule has 108 valence electrons. The van der Waals surface area contributed by atoms with Gasteiger partial charge in [-0.3, -0.25) is 9.59 Å². The fraction of sp³-hybridized carbons (Fsp3) is 0.375. The number of fused-ring (bicyclic) bond motifs is 5. The molecular formula is C16H14FNO3. The van der Waals surface area contributed by atoms with Gasteiger partial charge in [-0.25, -0.2) is 9.29 Å². The molecule has 2 saturated heterocycles. The Morgan fingerprint density at radius 1 is 1.00 bits per heavy atom. The Kier molecular flexibility index (Phi) is 2.18. The average molecular weight is 287 g/mol. The number of carbonyl (C=O) groups excluding carboxylic acids is 2. The third kappa shape index (κ3) is 1.42. The minimum atomic E-state index is -0.735. The van der Waals surface area contributed by atoms with Crippen molar-refractivity contribution < 1.29 is 18.7 Å². The molecule has 3 heterocycles. The molecule has 3 aliphatic heterocycles. The SMILES string of the molecule is C[C@]12C=C[C@@](C)(O1)[C@H]1C(=O)N(c3ccc(F)cc3)C(=O)[C@H]12. The van der Waals surface area contributed by atoms with E-state index in [9.17, 15) is 14.0 Å². The van der Waals surface area contributed by atoms with Crippen molar-refractivity contribution in [2.24, 2.45) is 11.8 Å². The van der Waals surface area contributed by atoms with Crippen LogP contribution in [0.15, 0.2) is 36.4 Å². The van der Waals surface area contributed by atoms with Crippen molar-refractivity contribution in [3.05, 3.63) is 42.2 Å². The quantitative estimate of drug-likeness (QED) is 0.586. The highest BCUT2D eigenvalue weighted by Crippen LogP contribution is 2.57. The van der Waals surface area contributed by atoms with Gasteiger partial charge in [0.2, 0.25) is 11.8 Å². The zero-order chi connectivity index (χ0) is 15.0. The van der Waals surface area contributed by atoms with Crippen molar-refractivity contribution in [2.75, 3.05) is 4.90 Å². The average Bonchev–Trinajstić information content (AvgIpc) is 2.97. The van der Waals surface area contributed by atoms with Crippen LogP contribution in [-0.2, 0) is 14.3 Å². The molecule has 0 N–H and O–H groups in total. The lowest BCUT2D eigenvalue weighted by molar-refractivity contribution is -0.128. The predicted octanol–water partition coefficient (Wildman–Crippen LogP) is 2.05. The number of hydrogen-bond acceptors (Lipinski definition) is 3. The summed E-state index contributed by atoms with van der Waals surface area (Å²) in [5.74, 6) is -1.96. The van der Waals surface area contributed by atoms with E-state index >= 15 is 0 Å². The summed E-state index contributed by atoms with van der Waals surface area (Å²) in [6.45, 7) is 3.66. The van der Waals surface area contributed by atoms with Gasteiger partial charge in [0.25, 0.3) is 0 Å². The van der Waals surface area contributed by atoms with E-state index in [0.717, 1.165) is 0 Å². The van der Waals surface area contributed by atoms with Gasteiger partial charge < -0.3 is 4.74 Å². The predicted molar refractivity (Wildman–Crippen MR) is 72.9 cm³/mol. The van der Waals surface area contributed by atoms with Crippen molar-refractivity contribution in [1.29, 1.82) is 0 Å². The highest BCUT2D eigenvalue weighted by atomic mass is 19.1. The van der Waals surface area contributed by atoms with Crippen molar-refractivity contribution in [3.63, 3.8) is 0 Å². The van der Waals surface area contributed by atoms with E-state index in [4.69, 9.17) is 4.74 Å². The van der Waals surface area contributed by atoms with Crippen molar-refractivity contribution >= 4 is 17.5 Å². The summed E-state index contributed by atoms with van der Waals surface area (Å²) in [5, 5.41) is 0. The van der Waals surface area contributed by atoms with Crippen LogP contribution in [0.25, 0.3) is 0 Å². The van der Waals surface area contributed by atoms with Crippen molar-refractivity contribution in [1.82, 2.24) is 0 Å². The Balaban J connectivity index is 1.80. The first-order valence-corrected chi connectivity index (χ1v) is 6.90. The van der Waals surface area contributed by atoms with Crippen molar-refractivity contribution in [2.45, 2.75) is 25.0 Å². The number of imide groups is 1. The summed E-state index contributed by atoms with van der Waals surface area (Å²) in [5.41, 5.74) is -1.06. The minimum absolute atomic E-state index is 0.271. The lowest BCUT2D eigenvalue weighted by Crippen LogP contribution is -2.39. The second kappa shape index (κ2) is 3.60. The highest BCUT2D eigenvalue weighted by molar-refractivity contribution is 6.23. The molecule has 21 heavy (non-hydrogen) atoms. The van der Waals surface area contributed by atoms with Crippen LogP contribution < -0.4 is 4.90 Å². The van der Waals surface area contributed by atoms with Gasteiger partial charge >= 0.3 is 0 Å². The van der Waals surface area contributed by atoms with Crippen LogP contribution in [0.3, 0.4) is 0 Å². The largest absolute Gasteiger partial charge is 0.359 e. The van der Waals surface area contributed by atoms with Gasteiger partial charge in [0.1, 0.15) is 5.82 Å². The first-order valence-electron chi connectivity index (χ1n) is 6.90. The molecule has 2 bridgehead atoms. The van der Waals surface area contributed by atoms with E-state index in [1.54, 1.807) is 0 Å². The summed E-state index contributed by atoms with van der Waals surface area (Å²) in [6.07, 6.45) is 3.74. The Morgan fingerprint density at radius 2 is 1.48 bits per heavy atom. The molecule has 3 aliphatic rings. The first-order chi connectivity index (χ1) is 9.86. The highest BCUT2D eigenvalue weighted by Gasteiger charge is 2.70. The molecule has 0 aliphatic carbocycles. The molecule has 0 spiro atoms. The Bertz CT molecular complexity index is 662. The zero-order valence-corrected chi connectivity index (χ0v) is 11.7. The summed E-state index contributed by atoms with van der Waals surface area (Å²) < 4.78 is 19.0. The summed E-state index contributed by atoms with van der Waals surface area (Å²) in [6, 6.07) is 5.40. The zero-order valence-electron chi connectivity index (χ0n) is 11.7. The molecule has 0 radical (unpaired) electrons. The molecule has 2 fully saturated rings. The van der Waals surface area contributed by atoms with Crippen molar-refractivity contribution in [3.8, 4) is 0 Å². The number of rotatable bonds is 1. The van der Waals surface area contributed by atoms with Gasteiger partial charge in [0.15, 0.2) is 0 Å². The van der Waals surface area contributed by atoms with Crippen LogP contribution >= 0.6 is 0 Å². The molecule has 2 amide bonds. The molecule has 0 saturated carbocycles. The lowest BCUT2D eigenvalue weighted by atomic mass is 9.73. The molecule has 1 aromatic carbocycles. The number of nitrogens with zero attached hydrogens (tertiary/aromatic N) is 1. The minimum Gasteiger partial charge on any atom is -0.359 e. The van der Waals surface area contributed by atoms with E-state index in [0.29, 0.717) is 5.69 Å². The van der Waals surface area contributed by atoms with Gasteiger partial charge in [0, 0.05) is 0 Å². The van der Waals surface area contributed by atoms with E-state index in [1.165, 1.54) is 29.2 Å². The Labute approximate surface area is 121 Å². The van der Waals surface area contributed by atoms with E-state index in [-0.39, 0.29) is 11.8 Å². The first kappa shape index (κ1) is 12.7. The number of ether oxygens (including phenoxy) is 1. The summed E-state index contributed by atoms with van der Waals surface area (Å²) >= 11 is 0. The van der Waals surface area contributed by atoms with Crippen LogP contribution in [0.2, 0.25) is 0 Å². The summed E-state index contributed by atoms with van der Waals surface area (Å²) in [4.78, 5) is 26.6. The second-order valence-electron chi connectivity index (χ2n) is 6.25. The van der Waals surface area contributed by atoms with Crippen LogP contribution in [0.1, 0.15) is 13.8 Å². The normalized spacial score (nSPS) is 40.2. The molecule has 0 aromatic heterocycles. The molecule has 5 heteroatoms. The van der Waals surface area contributed by atoms with Crippen LogP contribution in [0.5, 0.6) is 0 Å². The lowest BCUT2D eigenvalue weighted by Gasteiger charge is -2.25.